The van der Waals surface area contributed by atoms with Crippen molar-refractivity contribution < 1.29 is 14.6 Å². The Morgan fingerprint density at radius 1 is 0.885 bits per heavy atom. The van der Waals surface area contributed by atoms with E-state index in [2.05, 4.69) is 20.8 Å². The smallest absolute Gasteiger partial charge is 0.311 e. The molecule has 0 heterocycles. The molecule has 0 aliphatic carbocycles. The van der Waals surface area contributed by atoms with Gasteiger partial charge in [-0.1, -0.05) is 13.3 Å². The Balaban J connectivity index is 2.70. The first-order valence-corrected chi connectivity index (χ1v) is 9.30. The molecule has 0 amide bonds. The molecule has 0 aliphatic heterocycles. The number of rotatable bonds is 5. The van der Waals surface area contributed by atoms with E-state index in [0.29, 0.717) is 12.2 Å². The van der Waals surface area contributed by atoms with Gasteiger partial charge in [0.15, 0.2) is 0 Å². The first-order chi connectivity index (χ1) is 12.2. The summed E-state index contributed by atoms with van der Waals surface area (Å²) >= 11 is 0. The summed E-state index contributed by atoms with van der Waals surface area (Å²) in [5, 5.41) is 10.7. The van der Waals surface area contributed by atoms with Crippen molar-refractivity contribution in [3.8, 4) is 22.6 Å². The SMILES string of the molecule is CCCCC(=O)Oc1cc(C)c(C)c(C)c1-c1c(O)cc(C)c(C)c1C. The molecule has 0 bridgehead atoms. The molecule has 0 radical (unpaired) electrons. The summed E-state index contributed by atoms with van der Waals surface area (Å²) in [5.41, 5.74) is 8.02. The van der Waals surface area contributed by atoms with Crippen LogP contribution in [-0.2, 0) is 4.79 Å². The van der Waals surface area contributed by atoms with Gasteiger partial charge in [-0.15, -0.1) is 0 Å². The summed E-state index contributed by atoms with van der Waals surface area (Å²) in [6.07, 6.45) is 2.16. The third kappa shape index (κ3) is 3.77. The minimum atomic E-state index is -0.225. The summed E-state index contributed by atoms with van der Waals surface area (Å²) < 4.78 is 5.75. The monoisotopic (exact) mass is 354 g/mol. The summed E-state index contributed by atoms with van der Waals surface area (Å²) in [6, 6.07) is 3.70. The van der Waals surface area contributed by atoms with Gasteiger partial charge in [-0.05, 0) is 93.5 Å². The van der Waals surface area contributed by atoms with E-state index in [1.807, 2.05) is 33.8 Å². The predicted octanol–water partition coefficient (Wildman–Crippen LogP) is 6.01. The van der Waals surface area contributed by atoms with Crippen LogP contribution in [0.4, 0.5) is 0 Å². The normalized spacial score (nSPS) is 10.9. The summed E-state index contributed by atoms with van der Waals surface area (Å²) in [5.74, 6) is 0.535. The molecule has 2 rings (SSSR count). The van der Waals surface area contributed by atoms with Crippen LogP contribution in [-0.4, -0.2) is 11.1 Å². The Labute approximate surface area is 157 Å². The highest BCUT2D eigenvalue weighted by atomic mass is 16.5. The number of ether oxygens (including phenoxy) is 1. The van der Waals surface area contributed by atoms with Gasteiger partial charge in [0.2, 0.25) is 0 Å². The van der Waals surface area contributed by atoms with Crippen LogP contribution in [0.25, 0.3) is 11.1 Å². The number of esters is 1. The van der Waals surface area contributed by atoms with Crippen LogP contribution in [0, 0.1) is 41.5 Å². The minimum absolute atomic E-state index is 0.225. The maximum Gasteiger partial charge on any atom is 0.311 e. The highest BCUT2D eigenvalue weighted by Crippen LogP contribution is 2.44. The number of hydrogen-bond donors (Lipinski definition) is 1. The minimum Gasteiger partial charge on any atom is -0.507 e. The topological polar surface area (TPSA) is 46.5 Å². The molecule has 140 valence electrons. The molecule has 0 spiro atoms. The van der Waals surface area contributed by atoms with E-state index in [-0.39, 0.29) is 11.7 Å². The van der Waals surface area contributed by atoms with Gasteiger partial charge in [0.1, 0.15) is 11.5 Å². The average molecular weight is 354 g/mol. The second kappa shape index (κ2) is 7.94. The largest absolute Gasteiger partial charge is 0.507 e. The Morgan fingerprint density at radius 3 is 2.00 bits per heavy atom. The van der Waals surface area contributed by atoms with E-state index in [1.54, 1.807) is 6.07 Å². The summed E-state index contributed by atoms with van der Waals surface area (Å²) in [6.45, 7) is 14.2. The lowest BCUT2D eigenvalue weighted by Gasteiger charge is -2.21. The van der Waals surface area contributed by atoms with E-state index in [4.69, 9.17) is 4.74 Å². The molecule has 2 aromatic carbocycles. The van der Waals surface area contributed by atoms with Crippen LogP contribution in [0.1, 0.15) is 59.6 Å². The van der Waals surface area contributed by atoms with E-state index < -0.39 is 0 Å². The summed E-state index contributed by atoms with van der Waals surface area (Å²) in [4.78, 5) is 12.3. The van der Waals surface area contributed by atoms with Crippen LogP contribution in [0.15, 0.2) is 12.1 Å². The highest BCUT2D eigenvalue weighted by Gasteiger charge is 2.22. The first kappa shape index (κ1) is 20.0. The lowest BCUT2D eigenvalue weighted by atomic mass is 9.87. The molecule has 2 aromatic rings. The Bertz CT molecular complexity index is 848. The third-order valence-corrected chi connectivity index (χ3v) is 5.47. The number of benzene rings is 2. The molecule has 0 aromatic heterocycles. The quantitative estimate of drug-likeness (QED) is 0.528. The zero-order valence-electron chi connectivity index (χ0n) is 17.0. The van der Waals surface area contributed by atoms with Crippen LogP contribution in [0.5, 0.6) is 11.5 Å². The maximum atomic E-state index is 12.3. The lowest BCUT2D eigenvalue weighted by molar-refractivity contribution is -0.134. The molecular weight excluding hydrogens is 324 g/mol. The molecular formula is C23H30O3. The van der Waals surface area contributed by atoms with E-state index >= 15 is 0 Å². The molecule has 0 saturated heterocycles. The van der Waals surface area contributed by atoms with Crippen molar-refractivity contribution in [2.45, 2.75) is 67.7 Å². The molecule has 0 unspecified atom stereocenters. The second-order valence-corrected chi connectivity index (χ2v) is 7.23. The van der Waals surface area contributed by atoms with Crippen molar-refractivity contribution in [1.29, 1.82) is 0 Å². The standard InChI is InChI=1S/C23H30O3/c1-8-9-10-21(25)26-20-12-14(3)16(5)18(7)23(20)22-17(6)15(4)13(2)11-19(22)24/h11-12,24H,8-10H2,1-7H3. The van der Waals surface area contributed by atoms with Crippen molar-refractivity contribution in [3.05, 3.63) is 45.5 Å². The van der Waals surface area contributed by atoms with Gasteiger partial charge in [0, 0.05) is 17.5 Å². The van der Waals surface area contributed by atoms with Crippen LogP contribution < -0.4 is 4.74 Å². The number of aromatic hydroxyl groups is 1. The zero-order chi connectivity index (χ0) is 19.6. The van der Waals surface area contributed by atoms with Crippen LogP contribution >= 0.6 is 0 Å². The zero-order valence-corrected chi connectivity index (χ0v) is 17.0. The molecule has 0 saturated carbocycles. The molecule has 0 atom stereocenters. The third-order valence-electron chi connectivity index (χ3n) is 5.47. The Hall–Kier alpha value is -2.29. The van der Waals surface area contributed by atoms with Gasteiger partial charge < -0.3 is 9.84 Å². The van der Waals surface area contributed by atoms with Crippen molar-refractivity contribution in [1.82, 2.24) is 0 Å². The molecule has 0 fully saturated rings. The fourth-order valence-electron chi connectivity index (χ4n) is 3.31. The van der Waals surface area contributed by atoms with Crippen molar-refractivity contribution in [2.24, 2.45) is 0 Å². The Morgan fingerprint density at radius 2 is 1.42 bits per heavy atom. The summed E-state index contributed by atoms with van der Waals surface area (Å²) in [7, 11) is 0. The molecule has 3 heteroatoms. The number of hydrogen-bond acceptors (Lipinski definition) is 3. The van der Waals surface area contributed by atoms with Gasteiger partial charge in [0.05, 0.1) is 0 Å². The molecule has 0 aliphatic rings. The molecule has 1 N–H and O–H groups in total. The van der Waals surface area contributed by atoms with E-state index in [1.165, 1.54) is 0 Å². The number of carbonyl (C=O) groups is 1. The van der Waals surface area contributed by atoms with Gasteiger partial charge in [-0.3, -0.25) is 4.79 Å². The van der Waals surface area contributed by atoms with Crippen molar-refractivity contribution in [2.75, 3.05) is 0 Å². The molecule has 3 nitrogen and oxygen atoms in total. The number of unbranched alkanes of at least 4 members (excludes halogenated alkanes) is 1. The highest BCUT2D eigenvalue weighted by molar-refractivity contribution is 5.86. The number of phenolic OH excluding ortho intramolecular Hbond substituents is 1. The van der Waals surface area contributed by atoms with Crippen LogP contribution in [0.3, 0.4) is 0 Å². The average Bonchev–Trinajstić information content (AvgIpc) is 2.58. The lowest BCUT2D eigenvalue weighted by Crippen LogP contribution is -2.10. The fourth-order valence-corrected chi connectivity index (χ4v) is 3.31. The van der Waals surface area contributed by atoms with E-state index in [0.717, 1.165) is 57.3 Å². The van der Waals surface area contributed by atoms with Gasteiger partial charge in [-0.2, -0.15) is 0 Å². The number of aryl methyl sites for hydroxylation is 2. The number of carbonyl (C=O) groups excluding carboxylic acids is 1. The van der Waals surface area contributed by atoms with Crippen LogP contribution in [0.2, 0.25) is 0 Å². The molecule has 26 heavy (non-hydrogen) atoms. The number of phenols is 1. The first-order valence-electron chi connectivity index (χ1n) is 9.30. The van der Waals surface area contributed by atoms with Crippen molar-refractivity contribution >= 4 is 5.97 Å². The van der Waals surface area contributed by atoms with Crippen molar-refractivity contribution in [3.63, 3.8) is 0 Å². The Kier molecular flexibility index (Phi) is 6.12. The van der Waals surface area contributed by atoms with Gasteiger partial charge in [-0.25, -0.2) is 0 Å². The van der Waals surface area contributed by atoms with E-state index in [9.17, 15) is 9.90 Å². The second-order valence-electron chi connectivity index (χ2n) is 7.23. The fraction of sp³-hybridized carbons (Fsp3) is 0.435. The predicted molar refractivity (Wildman–Crippen MR) is 107 cm³/mol. The maximum absolute atomic E-state index is 12.3. The van der Waals surface area contributed by atoms with Gasteiger partial charge in [0.25, 0.3) is 0 Å². The van der Waals surface area contributed by atoms with Gasteiger partial charge >= 0.3 is 5.97 Å².